The summed E-state index contributed by atoms with van der Waals surface area (Å²) in [5.41, 5.74) is 11.1. The summed E-state index contributed by atoms with van der Waals surface area (Å²) in [4.78, 5) is 24.1. The van der Waals surface area contributed by atoms with Gasteiger partial charge in [0.05, 0.1) is 16.8 Å². The van der Waals surface area contributed by atoms with E-state index in [1.165, 1.54) is 5.56 Å². The number of pyridine rings is 1. The van der Waals surface area contributed by atoms with Gasteiger partial charge in [-0.1, -0.05) is 30.3 Å². The molecule has 0 unspecified atom stereocenters. The third kappa shape index (κ3) is 3.45. The van der Waals surface area contributed by atoms with Crippen molar-refractivity contribution in [2.24, 2.45) is 5.73 Å². The fraction of sp³-hybridized carbons (Fsp3) is 0.240. The van der Waals surface area contributed by atoms with Crippen molar-refractivity contribution in [1.82, 2.24) is 14.4 Å². The summed E-state index contributed by atoms with van der Waals surface area (Å²) in [5, 5.41) is 3.55. The van der Waals surface area contributed by atoms with Crippen LogP contribution >= 0.6 is 0 Å². The number of nitrogens with one attached hydrogen (secondary N) is 1. The molecule has 162 valence electrons. The number of hydrogen-bond donors (Lipinski definition) is 2. The number of benzene rings is 1. The zero-order valence-electron chi connectivity index (χ0n) is 18.3. The smallest absolute Gasteiger partial charge is 0.250 e. The normalized spacial score (nSPS) is 13.2. The molecule has 7 nitrogen and oxygen atoms in total. The second-order valence-corrected chi connectivity index (χ2v) is 8.28. The largest absolute Gasteiger partial charge is 0.366 e. The van der Waals surface area contributed by atoms with Crippen molar-refractivity contribution in [3.05, 3.63) is 77.0 Å². The highest BCUT2D eigenvalue weighted by atomic mass is 16.1. The Bertz CT molecular complexity index is 1310. The monoisotopic (exact) mass is 426 g/mol. The minimum absolute atomic E-state index is 0.448. The number of primary amides is 1. The first-order chi connectivity index (χ1) is 15.5. The van der Waals surface area contributed by atoms with Gasteiger partial charge in [0.2, 0.25) is 0 Å². The van der Waals surface area contributed by atoms with Gasteiger partial charge in [0.15, 0.2) is 5.82 Å². The molecule has 0 spiro atoms. The van der Waals surface area contributed by atoms with Crippen LogP contribution in [-0.2, 0) is 13.0 Å². The van der Waals surface area contributed by atoms with E-state index in [2.05, 4.69) is 29.4 Å². The number of rotatable bonds is 5. The topological polar surface area (TPSA) is 88.5 Å². The Hall–Kier alpha value is -3.87. The molecule has 4 aromatic rings. The summed E-state index contributed by atoms with van der Waals surface area (Å²) < 4.78 is 1.96. The zero-order valence-corrected chi connectivity index (χ0v) is 18.3. The molecule has 0 saturated heterocycles. The van der Waals surface area contributed by atoms with Crippen LogP contribution in [0.2, 0.25) is 0 Å². The van der Waals surface area contributed by atoms with Crippen molar-refractivity contribution in [2.75, 3.05) is 23.8 Å². The van der Waals surface area contributed by atoms with Crippen LogP contribution in [0.5, 0.6) is 0 Å². The van der Waals surface area contributed by atoms with E-state index in [-0.39, 0.29) is 0 Å². The first-order valence-corrected chi connectivity index (χ1v) is 10.8. The Morgan fingerprint density at radius 1 is 1.16 bits per heavy atom. The lowest BCUT2D eigenvalue weighted by Gasteiger charge is -2.28. The van der Waals surface area contributed by atoms with Crippen LogP contribution < -0.4 is 16.0 Å². The van der Waals surface area contributed by atoms with E-state index in [1.54, 1.807) is 6.07 Å². The predicted octanol–water partition coefficient (Wildman–Crippen LogP) is 3.80. The van der Waals surface area contributed by atoms with Gasteiger partial charge in [0.25, 0.3) is 5.91 Å². The summed E-state index contributed by atoms with van der Waals surface area (Å²) in [6, 6.07) is 15.8. The van der Waals surface area contributed by atoms with Crippen LogP contribution in [0.3, 0.4) is 0 Å². The standard InChI is InChI=1S/C25H26N6O/c1-16-14-20-18(22(26)32)10-7-13-31(20)21(16)24-28-23(27-15-17-8-4-3-5-9-17)19-11-6-12-30(2)25(19)29-24/h3-5,7-10,13-14H,6,11-12,15H2,1-2H3,(H2,26,32)(H,27,28,29). The van der Waals surface area contributed by atoms with Gasteiger partial charge < -0.3 is 20.4 Å². The summed E-state index contributed by atoms with van der Waals surface area (Å²) >= 11 is 0. The van der Waals surface area contributed by atoms with Crippen molar-refractivity contribution in [1.29, 1.82) is 0 Å². The van der Waals surface area contributed by atoms with Gasteiger partial charge in [-0.15, -0.1) is 0 Å². The average Bonchev–Trinajstić information content (AvgIpc) is 3.14. The van der Waals surface area contributed by atoms with Crippen LogP contribution in [0.25, 0.3) is 17.0 Å². The number of hydrogen-bond acceptors (Lipinski definition) is 5. The highest BCUT2D eigenvalue weighted by molar-refractivity contribution is 6.00. The predicted molar refractivity (Wildman–Crippen MR) is 127 cm³/mol. The Balaban J connectivity index is 1.65. The van der Waals surface area contributed by atoms with Crippen LogP contribution in [0.4, 0.5) is 11.6 Å². The minimum atomic E-state index is -0.448. The molecule has 4 heterocycles. The van der Waals surface area contributed by atoms with Crippen LogP contribution in [0, 0.1) is 6.92 Å². The van der Waals surface area contributed by atoms with E-state index in [9.17, 15) is 4.79 Å². The molecule has 1 aromatic carbocycles. The number of nitrogens with zero attached hydrogens (tertiary/aromatic N) is 4. The number of carbonyl (C=O) groups is 1. The Morgan fingerprint density at radius 3 is 2.75 bits per heavy atom. The summed E-state index contributed by atoms with van der Waals surface area (Å²) in [6.07, 6.45) is 3.94. The molecule has 0 saturated carbocycles. The number of fused-ring (bicyclic) bond motifs is 2. The molecule has 32 heavy (non-hydrogen) atoms. The number of aryl methyl sites for hydroxylation is 1. The first-order valence-electron chi connectivity index (χ1n) is 10.8. The lowest BCUT2D eigenvalue weighted by atomic mass is 10.1. The van der Waals surface area contributed by atoms with Crippen LogP contribution in [-0.4, -0.2) is 33.9 Å². The lowest BCUT2D eigenvalue weighted by Crippen LogP contribution is -2.27. The lowest BCUT2D eigenvalue weighted by molar-refractivity contribution is 0.100. The third-order valence-electron chi connectivity index (χ3n) is 6.05. The first kappa shape index (κ1) is 20.1. The number of carbonyl (C=O) groups excluding carboxylic acids is 1. The molecule has 0 aliphatic carbocycles. The molecule has 3 N–H and O–H groups in total. The fourth-order valence-corrected chi connectivity index (χ4v) is 4.47. The Morgan fingerprint density at radius 2 is 1.97 bits per heavy atom. The molecule has 0 bridgehead atoms. The second kappa shape index (κ2) is 8.00. The van der Waals surface area contributed by atoms with E-state index in [4.69, 9.17) is 15.7 Å². The van der Waals surface area contributed by atoms with Gasteiger partial charge in [0, 0.05) is 31.9 Å². The number of nitrogens with two attached hydrogens (primary N) is 1. The van der Waals surface area contributed by atoms with Crippen LogP contribution in [0.15, 0.2) is 54.7 Å². The Kier molecular flexibility index (Phi) is 5.01. The summed E-state index contributed by atoms with van der Waals surface area (Å²) in [6.45, 7) is 3.66. The molecule has 3 aromatic heterocycles. The number of amides is 1. The van der Waals surface area contributed by atoms with E-state index in [1.807, 2.05) is 47.9 Å². The SMILES string of the molecule is Cc1cc2c(C(N)=O)cccn2c1-c1nc(NCc2ccccc2)c2c(n1)N(C)CCC2. The third-order valence-corrected chi connectivity index (χ3v) is 6.05. The fourth-order valence-electron chi connectivity index (χ4n) is 4.47. The van der Waals surface area contributed by atoms with Crippen LogP contribution in [0.1, 0.15) is 33.5 Å². The summed E-state index contributed by atoms with van der Waals surface area (Å²) in [7, 11) is 2.07. The van der Waals surface area contributed by atoms with E-state index < -0.39 is 5.91 Å². The van der Waals surface area contributed by atoms with Crippen molar-refractivity contribution >= 4 is 23.1 Å². The zero-order chi connectivity index (χ0) is 22.2. The molecule has 5 rings (SSSR count). The van der Waals surface area contributed by atoms with Gasteiger partial charge in [0.1, 0.15) is 11.6 Å². The van der Waals surface area contributed by atoms with Gasteiger partial charge >= 0.3 is 0 Å². The average molecular weight is 427 g/mol. The molecule has 1 aliphatic rings. The summed E-state index contributed by atoms with van der Waals surface area (Å²) in [5.74, 6) is 2.00. The maximum atomic E-state index is 11.9. The second-order valence-electron chi connectivity index (χ2n) is 8.28. The van der Waals surface area contributed by atoms with Gasteiger partial charge in [-0.3, -0.25) is 4.79 Å². The molecule has 0 atom stereocenters. The molecular weight excluding hydrogens is 400 g/mol. The highest BCUT2D eigenvalue weighted by Crippen LogP contribution is 2.34. The molecular formula is C25H26N6O. The number of anilines is 2. The van der Waals surface area contributed by atoms with E-state index in [0.29, 0.717) is 17.9 Å². The van der Waals surface area contributed by atoms with E-state index >= 15 is 0 Å². The molecule has 1 amide bonds. The van der Waals surface area contributed by atoms with Crippen molar-refractivity contribution in [3.63, 3.8) is 0 Å². The van der Waals surface area contributed by atoms with E-state index in [0.717, 1.165) is 53.4 Å². The maximum Gasteiger partial charge on any atom is 0.250 e. The maximum absolute atomic E-state index is 11.9. The van der Waals surface area contributed by atoms with Gasteiger partial charge in [-0.25, -0.2) is 9.97 Å². The van der Waals surface area contributed by atoms with Crippen molar-refractivity contribution in [3.8, 4) is 11.5 Å². The number of aromatic nitrogens is 3. The van der Waals surface area contributed by atoms with Gasteiger partial charge in [-0.05, 0) is 49.1 Å². The molecule has 1 aliphatic heterocycles. The Labute approximate surface area is 186 Å². The molecule has 0 radical (unpaired) electrons. The quantitative estimate of drug-likeness (QED) is 0.507. The minimum Gasteiger partial charge on any atom is -0.366 e. The van der Waals surface area contributed by atoms with Crippen molar-refractivity contribution < 1.29 is 4.79 Å². The molecule has 7 heteroatoms. The molecule has 0 fully saturated rings. The van der Waals surface area contributed by atoms with Crippen molar-refractivity contribution in [2.45, 2.75) is 26.3 Å². The highest BCUT2D eigenvalue weighted by Gasteiger charge is 2.24. The van der Waals surface area contributed by atoms with Gasteiger partial charge in [-0.2, -0.15) is 0 Å².